The molecule has 0 radical (unpaired) electrons. The van der Waals surface area contributed by atoms with Crippen molar-refractivity contribution in [1.29, 1.82) is 0 Å². The van der Waals surface area contributed by atoms with E-state index in [-0.39, 0.29) is 22.8 Å². The second-order valence-electron chi connectivity index (χ2n) is 7.92. The Labute approximate surface area is 145 Å². The monoisotopic (exact) mass is 352 g/mol. The van der Waals surface area contributed by atoms with Gasteiger partial charge < -0.3 is 4.90 Å². The summed E-state index contributed by atoms with van der Waals surface area (Å²) in [4.78, 5) is 14.6. The molecule has 1 fully saturated rings. The molecule has 24 heavy (non-hydrogen) atoms. The van der Waals surface area contributed by atoms with Gasteiger partial charge in [-0.2, -0.15) is 4.31 Å². The Morgan fingerprint density at radius 2 is 1.71 bits per heavy atom. The van der Waals surface area contributed by atoms with Crippen molar-refractivity contribution in [1.82, 2.24) is 9.21 Å². The van der Waals surface area contributed by atoms with Crippen LogP contribution >= 0.6 is 0 Å². The Morgan fingerprint density at radius 1 is 1.12 bits per heavy atom. The maximum Gasteiger partial charge on any atom is 0.243 e. The van der Waals surface area contributed by atoms with Crippen molar-refractivity contribution < 1.29 is 13.2 Å². The number of benzene rings is 1. The van der Waals surface area contributed by atoms with Gasteiger partial charge in [0.05, 0.1) is 11.4 Å². The highest BCUT2D eigenvalue weighted by molar-refractivity contribution is 7.89. The fourth-order valence-electron chi connectivity index (χ4n) is 3.08. The van der Waals surface area contributed by atoms with Crippen LogP contribution in [-0.2, 0) is 14.8 Å². The Balaban J connectivity index is 2.33. The van der Waals surface area contributed by atoms with Crippen LogP contribution in [0.15, 0.2) is 29.2 Å². The van der Waals surface area contributed by atoms with E-state index in [1.165, 1.54) is 4.31 Å². The highest BCUT2D eigenvalue weighted by Gasteiger charge is 2.38. The van der Waals surface area contributed by atoms with Crippen molar-refractivity contribution in [3.8, 4) is 0 Å². The molecule has 1 aromatic rings. The maximum atomic E-state index is 13.0. The topological polar surface area (TPSA) is 57.7 Å². The molecule has 5 nitrogen and oxygen atoms in total. The standard InChI is InChI=1S/C18H28N2O3S/c1-14(2)10-19-12-18(4,5)13-20(11-17(19)21)24(22,23)16-8-6-15(3)7-9-16/h6-9,14H,10-13H2,1-5H3. The van der Waals surface area contributed by atoms with Gasteiger partial charge in [0.2, 0.25) is 15.9 Å². The predicted molar refractivity (Wildman–Crippen MR) is 95.1 cm³/mol. The van der Waals surface area contributed by atoms with Crippen molar-refractivity contribution in [2.24, 2.45) is 11.3 Å². The molecule has 0 unspecified atom stereocenters. The molecular weight excluding hydrogens is 324 g/mol. The number of nitrogens with zero attached hydrogens (tertiary/aromatic N) is 2. The van der Waals surface area contributed by atoms with E-state index < -0.39 is 10.0 Å². The van der Waals surface area contributed by atoms with Crippen LogP contribution in [0.2, 0.25) is 0 Å². The van der Waals surface area contributed by atoms with Crippen LogP contribution in [-0.4, -0.2) is 49.7 Å². The Kier molecular flexibility index (Phi) is 5.40. The van der Waals surface area contributed by atoms with Crippen molar-refractivity contribution in [3.05, 3.63) is 29.8 Å². The van der Waals surface area contributed by atoms with Gasteiger partial charge in [-0.05, 0) is 30.4 Å². The zero-order valence-electron chi connectivity index (χ0n) is 15.2. The number of carbonyl (C=O) groups is 1. The van der Waals surface area contributed by atoms with E-state index in [1.807, 2.05) is 20.8 Å². The van der Waals surface area contributed by atoms with Gasteiger partial charge in [-0.1, -0.05) is 45.4 Å². The van der Waals surface area contributed by atoms with Gasteiger partial charge in [0.25, 0.3) is 0 Å². The summed E-state index contributed by atoms with van der Waals surface area (Å²) in [5.74, 6) is 0.231. The fourth-order valence-corrected chi connectivity index (χ4v) is 4.65. The van der Waals surface area contributed by atoms with E-state index in [1.54, 1.807) is 29.2 Å². The van der Waals surface area contributed by atoms with Crippen LogP contribution in [0, 0.1) is 18.3 Å². The molecule has 0 bridgehead atoms. The van der Waals surface area contributed by atoms with Crippen LogP contribution in [0.5, 0.6) is 0 Å². The van der Waals surface area contributed by atoms with Crippen molar-refractivity contribution in [2.45, 2.75) is 39.5 Å². The summed E-state index contributed by atoms with van der Waals surface area (Å²) in [5.41, 5.74) is 0.711. The average molecular weight is 353 g/mol. The number of aryl methyl sites for hydroxylation is 1. The second kappa shape index (κ2) is 6.84. The number of carbonyl (C=O) groups excluding carboxylic acids is 1. The van der Waals surface area contributed by atoms with Crippen LogP contribution in [0.25, 0.3) is 0 Å². The molecule has 1 amide bonds. The van der Waals surface area contributed by atoms with Crippen molar-refractivity contribution in [2.75, 3.05) is 26.2 Å². The first-order valence-electron chi connectivity index (χ1n) is 8.36. The minimum absolute atomic E-state index is 0.0909. The zero-order chi connectivity index (χ0) is 18.1. The molecule has 1 aromatic carbocycles. The van der Waals surface area contributed by atoms with E-state index in [9.17, 15) is 13.2 Å². The number of rotatable bonds is 4. The van der Waals surface area contributed by atoms with Crippen molar-refractivity contribution in [3.63, 3.8) is 0 Å². The second-order valence-corrected chi connectivity index (χ2v) is 9.86. The third kappa shape index (κ3) is 4.36. The van der Waals surface area contributed by atoms with Gasteiger partial charge in [0.15, 0.2) is 0 Å². The van der Waals surface area contributed by atoms with Gasteiger partial charge in [-0.25, -0.2) is 8.42 Å². The number of sulfonamides is 1. The molecule has 2 rings (SSSR count). The van der Waals surface area contributed by atoms with E-state index >= 15 is 0 Å². The molecule has 0 saturated carbocycles. The summed E-state index contributed by atoms with van der Waals surface area (Å²) in [6.07, 6.45) is 0. The van der Waals surface area contributed by atoms with Gasteiger partial charge >= 0.3 is 0 Å². The normalized spacial score (nSPS) is 19.6. The first-order chi connectivity index (χ1) is 11.0. The minimum atomic E-state index is -3.67. The molecule has 1 aliphatic rings. The average Bonchev–Trinajstić information content (AvgIpc) is 2.55. The van der Waals surface area contributed by atoms with E-state index in [4.69, 9.17) is 0 Å². The maximum absolute atomic E-state index is 13.0. The fraction of sp³-hybridized carbons (Fsp3) is 0.611. The lowest BCUT2D eigenvalue weighted by Crippen LogP contribution is -2.40. The lowest BCUT2D eigenvalue weighted by atomic mass is 9.93. The van der Waals surface area contributed by atoms with Crippen LogP contribution in [0.3, 0.4) is 0 Å². The Morgan fingerprint density at radius 3 is 2.25 bits per heavy atom. The molecular formula is C18H28N2O3S. The third-order valence-electron chi connectivity index (χ3n) is 4.13. The largest absolute Gasteiger partial charge is 0.341 e. The summed E-state index contributed by atoms with van der Waals surface area (Å²) in [6.45, 7) is 11.5. The zero-order valence-corrected chi connectivity index (χ0v) is 16.1. The third-order valence-corrected chi connectivity index (χ3v) is 5.94. The Bertz CT molecular complexity index is 693. The van der Waals surface area contributed by atoms with E-state index in [0.29, 0.717) is 25.6 Å². The first kappa shape index (κ1) is 18.9. The van der Waals surface area contributed by atoms with E-state index in [2.05, 4.69) is 13.8 Å². The molecule has 0 aliphatic carbocycles. The first-order valence-corrected chi connectivity index (χ1v) is 9.80. The molecule has 1 saturated heterocycles. The van der Waals surface area contributed by atoms with Crippen LogP contribution < -0.4 is 0 Å². The van der Waals surface area contributed by atoms with Crippen LogP contribution in [0.1, 0.15) is 33.3 Å². The minimum Gasteiger partial charge on any atom is -0.341 e. The molecule has 6 heteroatoms. The lowest BCUT2D eigenvalue weighted by Gasteiger charge is -2.31. The van der Waals surface area contributed by atoms with Crippen molar-refractivity contribution >= 4 is 15.9 Å². The Hall–Kier alpha value is -1.40. The molecule has 0 atom stereocenters. The van der Waals surface area contributed by atoms with Gasteiger partial charge in [-0.15, -0.1) is 0 Å². The molecule has 134 valence electrons. The summed E-state index contributed by atoms with van der Waals surface area (Å²) >= 11 is 0. The van der Waals surface area contributed by atoms with Gasteiger partial charge in [0.1, 0.15) is 0 Å². The predicted octanol–water partition coefficient (Wildman–Crippen LogP) is 2.51. The molecule has 0 N–H and O–H groups in total. The molecule has 1 heterocycles. The molecule has 0 spiro atoms. The van der Waals surface area contributed by atoms with Gasteiger partial charge in [-0.3, -0.25) is 4.79 Å². The highest BCUT2D eigenvalue weighted by Crippen LogP contribution is 2.27. The lowest BCUT2D eigenvalue weighted by molar-refractivity contribution is -0.131. The quantitative estimate of drug-likeness (QED) is 0.837. The summed E-state index contributed by atoms with van der Waals surface area (Å²) in [7, 11) is -3.67. The number of amides is 1. The van der Waals surface area contributed by atoms with Crippen LogP contribution in [0.4, 0.5) is 0 Å². The summed E-state index contributed by atoms with van der Waals surface area (Å²) in [6, 6.07) is 6.78. The smallest absolute Gasteiger partial charge is 0.243 e. The molecule has 1 aliphatic heterocycles. The number of hydrogen-bond acceptors (Lipinski definition) is 3. The SMILES string of the molecule is Cc1ccc(S(=O)(=O)N2CC(=O)N(CC(C)C)CC(C)(C)C2)cc1. The summed E-state index contributed by atoms with van der Waals surface area (Å²) in [5, 5.41) is 0. The number of hydrogen-bond donors (Lipinski definition) is 0. The highest BCUT2D eigenvalue weighted by atomic mass is 32.2. The van der Waals surface area contributed by atoms with Gasteiger partial charge in [0, 0.05) is 19.6 Å². The van der Waals surface area contributed by atoms with E-state index in [0.717, 1.165) is 5.56 Å². The molecule has 0 aromatic heterocycles. The summed E-state index contributed by atoms with van der Waals surface area (Å²) < 4.78 is 27.3.